The molecule has 0 aliphatic carbocycles. The number of nitrogens with zero attached hydrogens (tertiary/aromatic N) is 1. The highest BCUT2D eigenvalue weighted by Gasteiger charge is 2.32. The summed E-state index contributed by atoms with van der Waals surface area (Å²) in [5.74, 6) is 0.821. The van der Waals surface area contributed by atoms with Crippen LogP contribution in [0.5, 0.6) is 0 Å². The average molecular weight is 264 g/mol. The molecule has 100 valence electrons. The first-order valence-electron chi connectivity index (χ1n) is 7.20. The normalized spacial score (nSPS) is 30.9. The highest BCUT2D eigenvalue weighted by atomic mass is 32.1. The number of nitrogens with one attached hydrogen (secondary N) is 1. The molecule has 1 unspecified atom stereocenters. The van der Waals surface area contributed by atoms with Gasteiger partial charge in [-0.3, -0.25) is 0 Å². The summed E-state index contributed by atoms with van der Waals surface area (Å²) in [5, 5.41) is 8.06. The van der Waals surface area contributed by atoms with E-state index in [4.69, 9.17) is 0 Å². The number of hydrogen-bond donors (Lipinski definition) is 1. The van der Waals surface area contributed by atoms with Crippen molar-refractivity contribution in [2.45, 2.75) is 32.1 Å². The van der Waals surface area contributed by atoms with Gasteiger partial charge >= 0.3 is 0 Å². The first-order chi connectivity index (χ1) is 8.75. The maximum atomic E-state index is 3.51. The molecule has 18 heavy (non-hydrogen) atoms. The molecule has 3 heterocycles. The van der Waals surface area contributed by atoms with Crippen molar-refractivity contribution in [3.05, 3.63) is 22.4 Å². The molecule has 2 saturated heterocycles. The van der Waals surface area contributed by atoms with Gasteiger partial charge in [-0.1, -0.05) is 6.92 Å². The second-order valence-corrected chi connectivity index (χ2v) is 7.12. The van der Waals surface area contributed by atoms with Crippen LogP contribution in [0, 0.1) is 5.41 Å². The molecule has 2 aliphatic rings. The predicted molar refractivity (Wildman–Crippen MR) is 78.3 cm³/mol. The van der Waals surface area contributed by atoms with Crippen molar-refractivity contribution < 1.29 is 0 Å². The Balaban J connectivity index is 1.51. The fourth-order valence-corrected chi connectivity index (χ4v) is 4.22. The van der Waals surface area contributed by atoms with Crippen LogP contribution in [-0.4, -0.2) is 37.6 Å². The molecule has 1 N–H and O–H groups in total. The molecule has 2 fully saturated rings. The van der Waals surface area contributed by atoms with Crippen LogP contribution in [0.3, 0.4) is 0 Å². The molecule has 1 atom stereocenters. The Kier molecular flexibility index (Phi) is 3.73. The number of thiophene rings is 1. The van der Waals surface area contributed by atoms with E-state index in [0.717, 1.165) is 5.92 Å². The van der Waals surface area contributed by atoms with Gasteiger partial charge in [0.1, 0.15) is 0 Å². The molecular formula is C15H24N2S. The lowest BCUT2D eigenvalue weighted by Crippen LogP contribution is -2.41. The Labute approximate surface area is 114 Å². The number of piperidine rings is 1. The van der Waals surface area contributed by atoms with E-state index in [1.807, 2.05) is 11.3 Å². The monoisotopic (exact) mass is 264 g/mol. The van der Waals surface area contributed by atoms with E-state index in [9.17, 15) is 0 Å². The van der Waals surface area contributed by atoms with Crippen LogP contribution in [0.2, 0.25) is 0 Å². The van der Waals surface area contributed by atoms with Gasteiger partial charge in [-0.25, -0.2) is 0 Å². The first-order valence-corrected chi connectivity index (χ1v) is 8.15. The van der Waals surface area contributed by atoms with Gasteiger partial charge in [-0.05, 0) is 72.6 Å². The summed E-state index contributed by atoms with van der Waals surface area (Å²) in [5.41, 5.74) is 2.10. The molecule has 0 amide bonds. The smallest absolute Gasteiger partial charge is 0.00480 e. The average Bonchev–Trinajstić information content (AvgIpc) is 3.02. The minimum absolute atomic E-state index is 0.523. The maximum Gasteiger partial charge on any atom is 0.00480 e. The first kappa shape index (κ1) is 12.6. The highest BCUT2D eigenvalue weighted by Crippen LogP contribution is 2.32. The molecular weight excluding hydrogens is 240 g/mol. The molecule has 1 aromatic rings. The van der Waals surface area contributed by atoms with Gasteiger partial charge in [0.25, 0.3) is 0 Å². The summed E-state index contributed by atoms with van der Waals surface area (Å²) in [4.78, 5) is 2.69. The molecule has 0 spiro atoms. The van der Waals surface area contributed by atoms with Crippen LogP contribution in [0.15, 0.2) is 16.8 Å². The Hall–Kier alpha value is -0.380. The van der Waals surface area contributed by atoms with E-state index < -0.39 is 0 Å². The summed E-state index contributed by atoms with van der Waals surface area (Å²) >= 11 is 1.84. The van der Waals surface area contributed by atoms with Gasteiger partial charge in [0.2, 0.25) is 0 Å². The third kappa shape index (κ3) is 2.79. The summed E-state index contributed by atoms with van der Waals surface area (Å²) < 4.78 is 0. The van der Waals surface area contributed by atoms with Crippen molar-refractivity contribution in [3.8, 4) is 0 Å². The third-order valence-corrected chi connectivity index (χ3v) is 5.37. The second kappa shape index (κ2) is 5.32. The van der Waals surface area contributed by atoms with Crippen LogP contribution in [0.4, 0.5) is 0 Å². The van der Waals surface area contributed by atoms with Gasteiger partial charge in [-0.2, -0.15) is 11.3 Å². The van der Waals surface area contributed by atoms with Gasteiger partial charge in [0.15, 0.2) is 0 Å². The SMILES string of the molecule is CC1(CN2CCC(c3ccsc3)CC2)CCNC1. The summed E-state index contributed by atoms with van der Waals surface area (Å²) in [6.45, 7) is 8.72. The third-order valence-electron chi connectivity index (χ3n) is 4.66. The van der Waals surface area contributed by atoms with Crippen molar-refractivity contribution >= 4 is 11.3 Å². The van der Waals surface area contributed by atoms with Gasteiger partial charge < -0.3 is 10.2 Å². The summed E-state index contributed by atoms with van der Waals surface area (Å²) in [7, 11) is 0. The largest absolute Gasteiger partial charge is 0.316 e. The summed E-state index contributed by atoms with van der Waals surface area (Å²) in [6.07, 6.45) is 4.04. The topological polar surface area (TPSA) is 15.3 Å². The maximum absolute atomic E-state index is 3.51. The second-order valence-electron chi connectivity index (χ2n) is 6.34. The van der Waals surface area contributed by atoms with Gasteiger partial charge in [-0.15, -0.1) is 0 Å². The van der Waals surface area contributed by atoms with Crippen LogP contribution in [0.25, 0.3) is 0 Å². The van der Waals surface area contributed by atoms with Gasteiger partial charge in [0.05, 0.1) is 0 Å². The van der Waals surface area contributed by atoms with E-state index in [-0.39, 0.29) is 0 Å². The predicted octanol–water partition coefficient (Wildman–Crippen LogP) is 2.93. The Bertz CT molecular complexity index is 360. The fourth-order valence-electron chi connectivity index (χ4n) is 3.48. The van der Waals surface area contributed by atoms with E-state index in [2.05, 4.69) is 34.0 Å². The Morgan fingerprint density at radius 2 is 2.28 bits per heavy atom. The molecule has 3 rings (SSSR count). The summed E-state index contributed by atoms with van der Waals surface area (Å²) in [6, 6.07) is 2.31. The molecule has 0 saturated carbocycles. The van der Waals surface area contributed by atoms with Gasteiger partial charge in [0, 0.05) is 13.1 Å². The zero-order chi connectivity index (χ0) is 12.4. The van der Waals surface area contributed by atoms with Crippen molar-refractivity contribution in [3.63, 3.8) is 0 Å². The molecule has 0 bridgehead atoms. The van der Waals surface area contributed by atoms with Crippen molar-refractivity contribution in [2.75, 3.05) is 32.7 Å². The lowest BCUT2D eigenvalue weighted by atomic mass is 9.86. The van der Waals surface area contributed by atoms with Crippen LogP contribution >= 0.6 is 11.3 Å². The van der Waals surface area contributed by atoms with Crippen molar-refractivity contribution in [1.82, 2.24) is 10.2 Å². The number of likely N-dealkylation sites (tertiary alicyclic amines) is 1. The highest BCUT2D eigenvalue weighted by molar-refractivity contribution is 7.07. The lowest BCUT2D eigenvalue weighted by Gasteiger charge is -2.37. The zero-order valence-electron chi connectivity index (χ0n) is 11.3. The molecule has 2 nitrogen and oxygen atoms in total. The molecule has 2 aliphatic heterocycles. The Morgan fingerprint density at radius 1 is 1.44 bits per heavy atom. The van der Waals surface area contributed by atoms with E-state index >= 15 is 0 Å². The van der Waals surface area contributed by atoms with Crippen LogP contribution in [-0.2, 0) is 0 Å². The molecule has 1 aromatic heterocycles. The number of hydrogen-bond acceptors (Lipinski definition) is 3. The Morgan fingerprint density at radius 3 is 2.89 bits per heavy atom. The lowest BCUT2D eigenvalue weighted by molar-refractivity contribution is 0.144. The fraction of sp³-hybridized carbons (Fsp3) is 0.733. The number of rotatable bonds is 3. The molecule has 0 aromatic carbocycles. The standard InChI is InChI=1S/C15H24N2S/c1-15(5-6-16-11-15)12-17-7-2-13(3-8-17)14-4-9-18-10-14/h4,9-10,13,16H,2-3,5-8,11-12H2,1H3. The van der Waals surface area contributed by atoms with E-state index in [1.54, 1.807) is 5.56 Å². The van der Waals surface area contributed by atoms with E-state index in [0.29, 0.717) is 5.41 Å². The zero-order valence-corrected chi connectivity index (χ0v) is 12.1. The van der Waals surface area contributed by atoms with E-state index in [1.165, 1.54) is 52.0 Å². The quantitative estimate of drug-likeness (QED) is 0.903. The van der Waals surface area contributed by atoms with Crippen LogP contribution < -0.4 is 5.32 Å². The minimum atomic E-state index is 0.523. The minimum Gasteiger partial charge on any atom is -0.316 e. The van der Waals surface area contributed by atoms with Crippen molar-refractivity contribution in [2.24, 2.45) is 5.41 Å². The van der Waals surface area contributed by atoms with Crippen LogP contribution in [0.1, 0.15) is 37.7 Å². The van der Waals surface area contributed by atoms with Crippen molar-refractivity contribution in [1.29, 1.82) is 0 Å². The molecule has 3 heteroatoms. The molecule has 0 radical (unpaired) electrons.